The molecule has 1 aromatic rings. The van der Waals surface area contributed by atoms with Gasteiger partial charge >= 0.3 is 0 Å². The Labute approximate surface area is 51.9 Å². The highest BCUT2D eigenvalue weighted by molar-refractivity contribution is 7.99. The Hall–Kier alpha value is -0.510. The molecule has 1 aromatic heterocycles. The smallest absolute Gasteiger partial charge is 0.138 e. The van der Waals surface area contributed by atoms with Crippen LogP contribution < -0.4 is 0 Å². The molecule has 0 aliphatic rings. The van der Waals surface area contributed by atoms with E-state index in [1.165, 1.54) is 0 Å². The van der Waals surface area contributed by atoms with E-state index >= 15 is 0 Å². The average molecular weight is 128 g/mol. The molecule has 0 unspecified atom stereocenters. The summed E-state index contributed by atoms with van der Waals surface area (Å²) in [4.78, 5) is 0. The third-order valence-electron chi connectivity index (χ3n) is 0.644. The summed E-state index contributed by atoms with van der Waals surface area (Å²) >= 11 is 1.57. The summed E-state index contributed by atoms with van der Waals surface area (Å²) < 4.78 is 0. The molecule has 0 spiro atoms. The third kappa shape index (κ3) is 1.23. The highest BCUT2D eigenvalue weighted by Gasteiger charge is 1.90. The van der Waals surface area contributed by atoms with Crippen LogP contribution in [0.2, 0.25) is 0 Å². The lowest BCUT2D eigenvalue weighted by Gasteiger charge is -1.82. The van der Waals surface area contributed by atoms with Gasteiger partial charge < -0.3 is 0 Å². The third-order valence-corrected chi connectivity index (χ3v) is 1.34. The summed E-state index contributed by atoms with van der Waals surface area (Å²) in [6, 6.07) is 0. The molecule has 3 nitrogen and oxygen atoms in total. The van der Waals surface area contributed by atoms with Gasteiger partial charge in [0.15, 0.2) is 0 Å². The van der Waals surface area contributed by atoms with Gasteiger partial charge in [-0.15, -0.1) is 16.9 Å². The minimum absolute atomic E-state index is 0.798. The van der Waals surface area contributed by atoms with E-state index in [0.717, 1.165) is 10.8 Å². The molecule has 0 saturated heterocycles. The number of thioether (sulfide) groups is 1. The molecule has 0 saturated carbocycles. The molecule has 4 heteroatoms. The zero-order valence-corrected chi connectivity index (χ0v) is 5.11. The Bertz CT molecular complexity index is 137. The van der Waals surface area contributed by atoms with Gasteiger partial charge in [0.25, 0.3) is 0 Å². The fourth-order valence-electron chi connectivity index (χ4n) is 0.366. The van der Waals surface area contributed by atoms with Gasteiger partial charge in [-0.2, -0.15) is 0 Å². The Kier molecular flexibility index (Phi) is 1.91. The fraction of sp³-hybridized carbons (Fsp3) is 0.250. The lowest BCUT2D eigenvalue weighted by molar-refractivity contribution is 0.911. The Morgan fingerprint density at radius 3 is 3.25 bits per heavy atom. The predicted octanol–water partition coefficient (Wildman–Crippen LogP) is 0.731. The van der Waals surface area contributed by atoms with Gasteiger partial charge in [0, 0.05) is 0 Å². The van der Waals surface area contributed by atoms with Gasteiger partial charge in [0.05, 0.1) is 6.20 Å². The topological polar surface area (TPSA) is 41.6 Å². The zero-order chi connectivity index (χ0) is 5.82. The van der Waals surface area contributed by atoms with Crippen LogP contribution in [-0.4, -0.2) is 21.2 Å². The van der Waals surface area contributed by atoms with E-state index in [0.29, 0.717) is 0 Å². The number of hydrogen-bond donors (Lipinski definition) is 1. The molecule has 0 atom stereocenters. The maximum Gasteiger partial charge on any atom is 0.138 e. The normalized spacial score (nSPS) is 9.62. The second kappa shape index (κ2) is 2.71. The summed E-state index contributed by atoms with van der Waals surface area (Å²) in [6.07, 6.45) is 1.75. The van der Waals surface area contributed by atoms with Crippen molar-refractivity contribution in [2.24, 2.45) is 0 Å². The average Bonchev–Trinajstić information content (AvgIpc) is 2.19. The van der Waals surface area contributed by atoms with Crippen LogP contribution in [0.5, 0.6) is 0 Å². The van der Waals surface area contributed by atoms with Gasteiger partial charge in [-0.3, -0.25) is 5.10 Å². The molecule has 8 heavy (non-hydrogen) atoms. The van der Waals surface area contributed by atoms with Crippen LogP contribution in [-0.2, 0) is 0 Å². The maximum atomic E-state index is 3.72. The van der Waals surface area contributed by atoms with E-state index in [9.17, 15) is 0 Å². The van der Waals surface area contributed by atoms with Gasteiger partial charge in [-0.05, 0) is 12.7 Å². The van der Waals surface area contributed by atoms with Gasteiger partial charge in [0.2, 0.25) is 0 Å². The van der Waals surface area contributed by atoms with Gasteiger partial charge in [-0.1, -0.05) is 5.21 Å². The van der Waals surface area contributed by atoms with Crippen molar-refractivity contribution in [1.82, 2.24) is 15.4 Å². The lowest BCUT2D eigenvalue weighted by atomic mass is 10.9. The maximum absolute atomic E-state index is 3.72. The van der Waals surface area contributed by atoms with E-state index in [4.69, 9.17) is 0 Å². The molecule has 1 radical (unpaired) electrons. The first-order chi connectivity index (χ1) is 3.93. The highest BCUT2D eigenvalue weighted by atomic mass is 32.2. The molecule has 1 N–H and O–H groups in total. The molecule has 0 aromatic carbocycles. The molecule has 0 fully saturated rings. The Morgan fingerprint density at radius 2 is 2.75 bits per heavy atom. The minimum atomic E-state index is 0.798. The van der Waals surface area contributed by atoms with E-state index in [-0.39, 0.29) is 0 Å². The quantitative estimate of drug-likeness (QED) is 0.597. The molecule has 0 bridgehead atoms. The molecule has 0 aliphatic heterocycles. The van der Waals surface area contributed by atoms with Crippen LogP contribution in [0, 0.1) is 6.92 Å². The molecule has 43 valence electrons. The van der Waals surface area contributed by atoms with Crippen molar-refractivity contribution in [2.45, 2.75) is 5.03 Å². The SMILES string of the molecule is [CH2]CSc1c[nH]nn1. The number of aromatic amines is 1. The predicted molar refractivity (Wildman–Crippen MR) is 32.5 cm³/mol. The van der Waals surface area contributed by atoms with Crippen molar-refractivity contribution in [2.75, 3.05) is 5.75 Å². The van der Waals surface area contributed by atoms with E-state index in [1.807, 2.05) is 0 Å². The van der Waals surface area contributed by atoms with Crippen LogP contribution in [0.3, 0.4) is 0 Å². The number of nitrogens with zero attached hydrogens (tertiary/aromatic N) is 2. The molecular formula is C4H6N3S. The first kappa shape index (κ1) is 5.62. The van der Waals surface area contributed by atoms with Crippen molar-refractivity contribution in [3.63, 3.8) is 0 Å². The summed E-state index contributed by atoms with van der Waals surface area (Å²) in [5, 5.41) is 10.7. The molecule has 1 heterocycles. The number of rotatable bonds is 2. The van der Waals surface area contributed by atoms with Crippen molar-refractivity contribution in [3.05, 3.63) is 13.1 Å². The number of aromatic nitrogens is 3. The fourth-order valence-corrected chi connectivity index (χ4v) is 0.810. The summed E-state index contributed by atoms with van der Waals surface area (Å²) in [5.74, 6) is 0.798. The zero-order valence-electron chi connectivity index (χ0n) is 4.29. The number of nitrogens with one attached hydrogen (secondary N) is 1. The van der Waals surface area contributed by atoms with E-state index in [2.05, 4.69) is 22.3 Å². The second-order valence-corrected chi connectivity index (χ2v) is 2.28. The number of hydrogen-bond acceptors (Lipinski definition) is 3. The van der Waals surface area contributed by atoms with Gasteiger partial charge in [0.1, 0.15) is 5.03 Å². The largest absolute Gasteiger partial charge is 0.264 e. The monoisotopic (exact) mass is 128 g/mol. The first-order valence-corrected chi connectivity index (χ1v) is 3.20. The van der Waals surface area contributed by atoms with Crippen molar-refractivity contribution in [3.8, 4) is 0 Å². The lowest BCUT2D eigenvalue weighted by Crippen LogP contribution is -1.70. The molecule has 1 rings (SSSR count). The van der Waals surface area contributed by atoms with Crippen LogP contribution >= 0.6 is 11.8 Å². The highest BCUT2D eigenvalue weighted by Crippen LogP contribution is 2.09. The van der Waals surface area contributed by atoms with Crippen LogP contribution in [0.15, 0.2) is 11.2 Å². The van der Waals surface area contributed by atoms with Crippen LogP contribution in [0.1, 0.15) is 0 Å². The summed E-state index contributed by atoms with van der Waals surface area (Å²) in [5.41, 5.74) is 0. The molecule has 0 aliphatic carbocycles. The van der Waals surface area contributed by atoms with E-state index < -0.39 is 0 Å². The van der Waals surface area contributed by atoms with Gasteiger partial charge in [-0.25, -0.2) is 0 Å². The second-order valence-electron chi connectivity index (χ2n) is 1.16. The summed E-state index contributed by atoms with van der Waals surface area (Å²) in [6.45, 7) is 3.64. The van der Waals surface area contributed by atoms with Crippen LogP contribution in [0.25, 0.3) is 0 Å². The van der Waals surface area contributed by atoms with Crippen molar-refractivity contribution >= 4 is 11.8 Å². The van der Waals surface area contributed by atoms with Crippen molar-refractivity contribution in [1.29, 1.82) is 0 Å². The van der Waals surface area contributed by atoms with Crippen LogP contribution in [0.4, 0.5) is 0 Å². The minimum Gasteiger partial charge on any atom is -0.264 e. The molecule has 0 amide bonds. The number of H-pyrrole nitrogens is 1. The van der Waals surface area contributed by atoms with E-state index in [1.54, 1.807) is 18.0 Å². The van der Waals surface area contributed by atoms with Crippen molar-refractivity contribution < 1.29 is 0 Å². The standard InChI is InChI=1S/C4H6N3S/c1-2-8-4-3-5-7-6-4/h3H,1-2H2,(H,5,6,7). The molecular weight excluding hydrogens is 122 g/mol. The Morgan fingerprint density at radius 1 is 1.88 bits per heavy atom. The Balaban J connectivity index is 2.50. The summed E-state index contributed by atoms with van der Waals surface area (Å²) in [7, 11) is 0. The first-order valence-electron chi connectivity index (χ1n) is 2.22.